The molecule has 1 heterocycles. The first-order valence-corrected chi connectivity index (χ1v) is 6.41. The van der Waals surface area contributed by atoms with Crippen LogP contribution in [0, 0.1) is 11.3 Å². The van der Waals surface area contributed by atoms with E-state index in [1.165, 1.54) is 11.3 Å². The molecular formula is C13H11N3OS. The number of carbonyl (C=O) groups is 1. The van der Waals surface area contributed by atoms with Gasteiger partial charge >= 0.3 is 0 Å². The van der Waals surface area contributed by atoms with E-state index in [9.17, 15) is 4.79 Å². The minimum Gasteiger partial charge on any atom is -0.319 e. The number of aryl methyl sites for hydroxylation is 1. The molecule has 0 aliphatic heterocycles. The minimum absolute atomic E-state index is 0.294. The van der Waals surface area contributed by atoms with Gasteiger partial charge in [0.2, 0.25) is 0 Å². The zero-order valence-electron chi connectivity index (χ0n) is 9.80. The molecule has 18 heavy (non-hydrogen) atoms. The Bertz CT molecular complexity index is 599. The predicted molar refractivity (Wildman–Crippen MR) is 70.6 cm³/mol. The fraction of sp³-hybridized carbons (Fsp3) is 0.154. The Labute approximate surface area is 109 Å². The second kappa shape index (κ2) is 5.43. The summed E-state index contributed by atoms with van der Waals surface area (Å²) in [4.78, 5) is 15.7. The van der Waals surface area contributed by atoms with Gasteiger partial charge in [-0.05, 0) is 24.1 Å². The number of nitrogens with one attached hydrogen (secondary N) is 1. The van der Waals surface area contributed by atoms with Crippen LogP contribution >= 0.6 is 11.3 Å². The van der Waals surface area contributed by atoms with Crippen molar-refractivity contribution < 1.29 is 4.79 Å². The number of hydrogen-bond donors (Lipinski definition) is 1. The molecule has 4 nitrogen and oxygen atoms in total. The van der Waals surface area contributed by atoms with Crippen molar-refractivity contribution in [3.63, 3.8) is 0 Å². The van der Waals surface area contributed by atoms with Crippen molar-refractivity contribution in [1.82, 2.24) is 4.98 Å². The van der Waals surface area contributed by atoms with E-state index >= 15 is 0 Å². The molecule has 5 heteroatoms. The molecule has 0 fully saturated rings. The maximum atomic E-state index is 11.8. The number of aromatic nitrogens is 1. The normalized spacial score (nSPS) is 9.78. The lowest BCUT2D eigenvalue weighted by atomic mass is 10.1. The Kier molecular flexibility index (Phi) is 3.70. The summed E-state index contributed by atoms with van der Waals surface area (Å²) < 4.78 is 0. The van der Waals surface area contributed by atoms with Crippen molar-refractivity contribution in [3.05, 3.63) is 45.9 Å². The largest absolute Gasteiger partial charge is 0.319 e. The molecule has 90 valence electrons. The van der Waals surface area contributed by atoms with Gasteiger partial charge in [-0.15, -0.1) is 11.3 Å². The highest BCUT2D eigenvalue weighted by atomic mass is 32.1. The second-order valence-electron chi connectivity index (χ2n) is 3.67. The monoisotopic (exact) mass is 257 g/mol. The van der Waals surface area contributed by atoms with Gasteiger partial charge in [0.05, 0.1) is 16.8 Å². The maximum absolute atomic E-state index is 11.8. The molecule has 0 saturated carbocycles. The average molecular weight is 257 g/mol. The van der Waals surface area contributed by atoms with Crippen LogP contribution in [0.5, 0.6) is 0 Å². The van der Waals surface area contributed by atoms with Crippen LogP contribution in [0.25, 0.3) is 0 Å². The van der Waals surface area contributed by atoms with Crippen LogP contribution in [0.4, 0.5) is 5.69 Å². The first kappa shape index (κ1) is 12.3. The lowest BCUT2D eigenvalue weighted by Crippen LogP contribution is -2.13. The third-order valence-electron chi connectivity index (χ3n) is 2.53. The summed E-state index contributed by atoms with van der Waals surface area (Å²) in [6.07, 6.45) is 0.856. The molecule has 2 aromatic rings. The summed E-state index contributed by atoms with van der Waals surface area (Å²) in [5, 5.41) is 13.4. The van der Waals surface area contributed by atoms with Crippen LogP contribution in [0.15, 0.2) is 29.1 Å². The number of nitriles is 1. The third-order valence-corrected chi connectivity index (χ3v) is 3.11. The molecule has 0 spiro atoms. The summed E-state index contributed by atoms with van der Waals surface area (Å²) in [5.41, 5.74) is 4.02. The van der Waals surface area contributed by atoms with E-state index in [2.05, 4.69) is 16.4 Å². The average Bonchev–Trinajstić information content (AvgIpc) is 2.93. The topological polar surface area (TPSA) is 65.8 Å². The van der Waals surface area contributed by atoms with E-state index in [-0.39, 0.29) is 5.91 Å². The highest BCUT2D eigenvalue weighted by Crippen LogP contribution is 2.18. The number of nitrogens with zero attached hydrogens (tertiary/aromatic N) is 2. The van der Waals surface area contributed by atoms with Gasteiger partial charge in [-0.25, -0.2) is 4.98 Å². The lowest BCUT2D eigenvalue weighted by Gasteiger charge is -2.06. The molecular weight excluding hydrogens is 246 g/mol. The molecule has 0 aliphatic carbocycles. The molecule has 0 saturated heterocycles. The fourth-order valence-corrected chi connectivity index (χ4v) is 2.06. The van der Waals surface area contributed by atoms with Crippen molar-refractivity contribution in [2.45, 2.75) is 13.3 Å². The van der Waals surface area contributed by atoms with Gasteiger partial charge in [0, 0.05) is 5.38 Å². The van der Waals surface area contributed by atoms with Gasteiger partial charge in [0.1, 0.15) is 11.8 Å². The Hall–Kier alpha value is -2.19. The molecule has 1 aromatic carbocycles. The molecule has 0 radical (unpaired) electrons. The Balaban J connectivity index is 2.24. The van der Waals surface area contributed by atoms with Crippen LogP contribution in [0.3, 0.4) is 0 Å². The smallest absolute Gasteiger partial charge is 0.275 e. The summed E-state index contributed by atoms with van der Waals surface area (Å²) in [5.74, 6) is -0.294. The van der Waals surface area contributed by atoms with Crippen molar-refractivity contribution in [1.29, 1.82) is 5.26 Å². The molecule has 0 aliphatic rings. The molecule has 0 atom stereocenters. The number of thiazole rings is 1. The van der Waals surface area contributed by atoms with Gasteiger partial charge in [0.25, 0.3) is 5.91 Å². The number of rotatable bonds is 3. The standard InChI is InChI=1S/C13H11N3OS/c1-2-9-3-4-11(10(5-9)6-14)16-13(17)12-7-18-8-15-12/h3-5,7-8H,2H2,1H3,(H,16,17). The number of hydrogen-bond acceptors (Lipinski definition) is 4. The van der Waals surface area contributed by atoms with E-state index in [4.69, 9.17) is 5.26 Å². The number of amides is 1. The molecule has 1 N–H and O–H groups in total. The van der Waals surface area contributed by atoms with E-state index < -0.39 is 0 Å². The van der Waals surface area contributed by atoms with Crippen LogP contribution in [-0.4, -0.2) is 10.9 Å². The van der Waals surface area contributed by atoms with Crippen molar-refractivity contribution in [3.8, 4) is 6.07 Å². The van der Waals surface area contributed by atoms with Gasteiger partial charge in [-0.2, -0.15) is 5.26 Å². The number of anilines is 1. The zero-order chi connectivity index (χ0) is 13.0. The number of carbonyl (C=O) groups excluding carboxylic acids is 1. The second-order valence-corrected chi connectivity index (χ2v) is 4.39. The van der Waals surface area contributed by atoms with Gasteiger partial charge in [-0.1, -0.05) is 13.0 Å². The molecule has 0 bridgehead atoms. The Morgan fingerprint density at radius 3 is 3.00 bits per heavy atom. The quantitative estimate of drug-likeness (QED) is 0.919. The summed E-state index contributed by atoms with van der Waals surface area (Å²) in [6.45, 7) is 2.02. The predicted octanol–water partition coefficient (Wildman–Crippen LogP) is 2.83. The Morgan fingerprint density at radius 2 is 2.39 bits per heavy atom. The summed E-state index contributed by atoms with van der Waals surface area (Å²) in [6, 6.07) is 7.53. The van der Waals surface area contributed by atoms with Crippen molar-refractivity contribution in [2.24, 2.45) is 0 Å². The minimum atomic E-state index is -0.294. The highest BCUT2D eigenvalue weighted by Gasteiger charge is 2.10. The molecule has 1 amide bonds. The highest BCUT2D eigenvalue weighted by molar-refractivity contribution is 7.07. The molecule has 1 aromatic heterocycles. The third kappa shape index (κ3) is 2.55. The first-order chi connectivity index (χ1) is 8.74. The van der Waals surface area contributed by atoms with Crippen molar-refractivity contribution in [2.75, 3.05) is 5.32 Å². The van der Waals surface area contributed by atoms with Crippen molar-refractivity contribution >= 4 is 22.9 Å². The SMILES string of the molecule is CCc1ccc(NC(=O)c2cscn2)c(C#N)c1. The fourth-order valence-electron chi connectivity index (χ4n) is 1.52. The molecule has 2 rings (SSSR count). The van der Waals surface area contributed by atoms with Gasteiger partial charge in [0.15, 0.2) is 0 Å². The van der Waals surface area contributed by atoms with E-state index in [1.807, 2.05) is 13.0 Å². The zero-order valence-corrected chi connectivity index (χ0v) is 10.6. The van der Waals surface area contributed by atoms with Crippen LogP contribution in [-0.2, 0) is 6.42 Å². The van der Waals surface area contributed by atoms with Crippen LogP contribution in [0.2, 0.25) is 0 Å². The van der Waals surface area contributed by atoms with Gasteiger partial charge in [-0.3, -0.25) is 4.79 Å². The number of benzene rings is 1. The Morgan fingerprint density at radius 1 is 1.56 bits per heavy atom. The summed E-state index contributed by atoms with van der Waals surface area (Å²) in [7, 11) is 0. The van der Waals surface area contributed by atoms with Gasteiger partial charge < -0.3 is 5.32 Å². The summed E-state index contributed by atoms with van der Waals surface area (Å²) >= 11 is 1.36. The molecule has 0 unspecified atom stereocenters. The maximum Gasteiger partial charge on any atom is 0.275 e. The lowest BCUT2D eigenvalue weighted by molar-refractivity contribution is 0.102. The van der Waals surface area contributed by atoms with Crippen LogP contribution in [0.1, 0.15) is 28.5 Å². The van der Waals surface area contributed by atoms with E-state index in [1.54, 1.807) is 23.0 Å². The van der Waals surface area contributed by atoms with Crippen LogP contribution < -0.4 is 5.32 Å². The first-order valence-electron chi connectivity index (χ1n) is 5.47. The van der Waals surface area contributed by atoms with E-state index in [0.717, 1.165) is 12.0 Å². The van der Waals surface area contributed by atoms with E-state index in [0.29, 0.717) is 16.9 Å².